The fraction of sp³-hybridized carbons (Fsp3) is 0.0500. The van der Waals surface area contributed by atoms with Crippen LogP contribution in [0, 0.1) is 0 Å². The highest BCUT2D eigenvalue weighted by atomic mass is 16.5. The Morgan fingerprint density at radius 3 is 2.04 bits per heavy atom. The van der Waals surface area contributed by atoms with Crippen LogP contribution in [0.3, 0.4) is 0 Å². The van der Waals surface area contributed by atoms with Crippen LogP contribution in [-0.2, 0) is 6.42 Å². The largest absolute Gasteiger partial charge is 0.508 e. The van der Waals surface area contributed by atoms with Crippen LogP contribution in [0.25, 0.3) is 0 Å². The molecule has 1 N–H and O–H groups in total. The third-order valence-corrected chi connectivity index (χ3v) is 3.49. The fourth-order valence-electron chi connectivity index (χ4n) is 2.27. The molecular weight excluding hydrogens is 288 g/mol. The standard InChI is InChI=1S/C20H16O3/c21-18-10-8-17(9-11-18)20(22)23-19-12-6-16(7-13-19)14-15-4-2-1-3-5-15/h1-13,21H,14H2. The summed E-state index contributed by atoms with van der Waals surface area (Å²) in [6.07, 6.45) is 0.840. The Morgan fingerprint density at radius 2 is 1.39 bits per heavy atom. The second-order valence-corrected chi connectivity index (χ2v) is 5.24. The molecule has 114 valence electrons. The molecule has 3 rings (SSSR count). The molecule has 0 atom stereocenters. The van der Waals surface area contributed by atoms with Crippen molar-refractivity contribution in [3.05, 3.63) is 95.6 Å². The number of carbonyl (C=O) groups is 1. The molecule has 0 bridgehead atoms. The molecule has 23 heavy (non-hydrogen) atoms. The van der Waals surface area contributed by atoms with Crippen molar-refractivity contribution in [1.82, 2.24) is 0 Å². The summed E-state index contributed by atoms with van der Waals surface area (Å²) in [6.45, 7) is 0. The zero-order valence-electron chi connectivity index (χ0n) is 12.5. The van der Waals surface area contributed by atoms with Gasteiger partial charge in [0.25, 0.3) is 0 Å². The predicted molar refractivity (Wildman–Crippen MR) is 88.8 cm³/mol. The van der Waals surface area contributed by atoms with E-state index in [1.165, 1.54) is 29.8 Å². The van der Waals surface area contributed by atoms with Gasteiger partial charge in [0.05, 0.1) is 5.56 Å². The summed E-state index contributed by atoms with van der Waals surface area (Å²) in [4.78, 5) is 12.0. The Labute approximate surface area is 134 Å². The minimum Gasteiger partial charge on any atom is -0.508 e. The van der Waals surface area contributed by atoms with Crippen LogP contribution in [0.5, 0.6) is 11.5 Å². The number of esters is 1. The first-order chi connectivity index (χ1) is 11.2. The number of phenols is 1. The summed E-state index contributed by atoms with van der Waals surface area (Å²) in [6, 6.07) is 23.6. The van der Waals surface area contributed by atoms with Crippen LogP contribution in [0.15, 0.2) is 78.9 Å². The van der Waals surface area contributed by atoms with Gasteiger partial charge in [0.2, 0.25) is 0 Å². The van der Waals surface area contributed by atoms with Crippen LogP contribution in [0.4, 0.5) is 0 Å². The summed E-state index contributed by atoms with van der Waals surface area (Å²) in [5.41, 5.74) is 2.79. The number of carbonyl (C=O) groups excluding carboxylic acids is 1. The van der Waals surface area contributed by atoms with Gasteiger partial charge in [0.15, 0.2) is 0 Å². The minimum atomic E-state index is -0.444. The number of phenolic OH excluding ortho intramolecular Hbond substituents is 1. The van der Waals surface area contributed by atoms with E-state index in [0.29, 0.717) is 11.3 Å². The minimum absolute atomic E-state index is 0.117. The molecular formula is C20H16O3. The summed E-state index contributed by atoms with van der Waals surface area (Å²) in [5.74, 6) is 0.174. The first-order valence-corrected chi connectivity index (χ1v) is 7.35. The monoisotopic (exact) mass is 304 g/mol. The lowest BCUT2D eigenvalue weighted by Gasteiger charge is -2.06. The number of benzene rings is 3. The SMILES string of the molecule is O=C(Oc1ccc(Cc2ccccc2)cc1)c1ccc(O)cc1. The molecule has 0 aliphatic rings. The molecule has 0 aromatic heterocycles. The van der Waals surface area contributed by atoms with Crippen molar-refractivity contribution in [1.29, 1.82) is 0 Å². The van der Waals surface area contributed by atoms with E-state index >= 15 is 0 Å². The highest BCUT2D eigenvalue weighted by molar-refractivity contribution is 5.91. The Bertz CT molecular complexity index is 775. The fourth-order valence-corrected chi connectivity index (χ4v) is 2.27. The van der Waals surface area contributed by atoms with Crippen molar-refractivity contribution >= 4 is 5.97 Å². The Kier molecular flexibility index (Phi) is 4.39. The number of ether oxygens (including phenoxy) is 1. The highest BCUT2D eigenvalue weighted by Crippen LogP contribution is 2.17. The van der Waals surface area contributed by atoms with E-state index in [9.17, 15) is 9.90 Å². The maximum atomic E-state index is 12.0. The van der Waals surface area contributed by atoms with Gasteiger partial charge in [-0.25, -0.2) is 4.79 Å². The van der Waals surface area contributed by atoms with Gasteiger partial charge in [0, 0.05) is 0 Å². The number of aromatic hydroxyl groups is 1. The van der Waals surface area contributed by atoms with E-state index in [2.05, 4.69) is 12.1 Å². The zero-order chi connectivity index (χ0) is 16.1. The number of hydrogen-bond donors (Lipinski definition) is 1. The quantitative estimate of drug-likeness (QED) is 0.580. The molecule has 0 saturated heterocycles. The maximum Gasteiger partial charge on any atom is 0.343 e. The van der Waals surface area contributed by atoms with Gasteiger partial charge in [-0.2, -0.15) is 0 Å². The lowest BCUT2D eigenvalue weighted by molar-refractivity contribution is 0.0734. The van der Waals surface area contributed by atoms with Crippen molar-refractivity contribution in [2.75, 3.05) is 0 Å². The van der Waals surface area contributed by atoms with Crippen molar-refractivity contribution in [2.24, 2.45) is 0 Å². The summed E-state index contributed by atoms with van der Waals surface area (Å²) >= 11 is 0. The molecule has 0 spiro atoms. The first-order valence-electron chi connectivity index (χ1n) is 7.35. The van der Waals surface area contributed by atoms with Crippen LogP contribution in [-0.4, -0.2) is 11.1 Å². The topological polar surface area (TPSA) is 46.5 Å². The lowest BCUT2D eigenvalue weighted by atomic mass is 10.1. The summed E-state index contributed by atoms with van der Waals surface area (Å²) < 4.78 is 5.32. The molecule has 0 heterocycles. The Hall–Kier alpha value is -3.07. The van der Waals surface area contributed by atoms with E-state index in [1.807, 2.05) is 30.3 Å². The van der Waals surface area contributed by atoms with Crippen molar-refractivity contribution in [3.63, 3.8) is 0 Å². The van der Waals surface area contributed by atoms with Crippen LogP contribution >= 0.6 is 0 Å². The Balaban J connectivity index is 1.65. The third kappa shape index (κ3) is 3.98. The molecule has 0 saturated carbocycles. The molecule has 3 nitrogen and oxygen atoms in total. The van der Waals surface area contributed by atoms with Gasteiger partial charge in [-0.05, 0) is 53.9 Å². The van der Waals surface area contributed by atoms with Gasteiger partial charge in [-0.15, -0.1) is 0 Å². The van der Waals surface area contributed by atoms with Crippen LogP contribution < -0.4 is 4.74 Å². The van der Waals surface area contributed by atoms with Gasteiger partial charge in [0.1, 0.15) is 11.5 Å². The number of rotatable bonds is 4. The van der Waals surface area contributed by atoms with E-state index in [-0.39, 0.29) is 5.75 Å². The molecule has 3 aromatic carbocycles. The maximum absolute atomic E-state index is 12.0. The van der Waals surface area contributed by atoms with Gasteiger partial charge >= 0.3 is 5.97 Å². The Morgan fingerprint density at radius 1 is 0.783 bits per heavy atom. The van der Waals surface area contributed by atoms with Crippen molar-refractivity contribution in [2.45, 2.75) is 6.42 Å². The lowest BCUT2D eigenvalue weighted by Crippen LogP contribution is -2.08. The van der Waals surface area contributed by atoms with Crippen LogP contribution in [0.1, 0.15) is 21.5 Å². The van der Waals surface area contributed by atoms with E-state index in [4.69, 9.17) is 4.74 Å². The van der Waals surface area contributed by atoms with Crippen molar-refractivity contribution in [3.8, 4) is 11.5 Å². The van der Waals surface area contributed by atoms with E-state index < -0.39 is 5.97 Å². The van der Waals surface area contributed by atoms with E-state index in [0.717, 1.165) is 12.0 Å². The first kappa shape index (κ1) is 14.9. The van der Waals surface area contributed by atoms with Crippen molar-refractivity contribution < 1.29 is 14.6 Å². The second-order valence-electron chi connectivity index (χ2n) is 5.24. The summed E-state index contributed by atoms with van der Waals surface area (Å²) in [5, 5.41) is 9.23. The smallest absolute Gasteiger partial charge is 0.343 e. The molecule has 3 heteroatoms. The predicted octanol–water partition coefficient (Wildman–Crippen LogP) is 4.20. The average molecular weight is 304 g/mol. The number of hydrogen-bond acceptors (Lipinski definition) is 3. The zero-order valence-corrected chi connectivity index (χ0v) is 12.5. The highest BCUT2D eigenvalue weighted by Gasteiger charge is 2.08. The van der Waals surface area contributed by atoms with Gasteiger partial charge in [-0.3, -0.25) is 0 Å². The van der Waals surface area contributed by atoms with Gasteiger partial charge < -0.3 is 9.84 Å². The van der Waals surface area contributed by atoms with Gasteiger partial charge in [-0.1, -0.05) is 42.5 Å². The molecule has 0 aliphatic heterocycles. The van der Waals surface area contributed by atoms with Crippen LogP contribution in [0.2, 0.25) is 0 Å². The van der Waals surface area contributed by atoms with E-state index in [1.54, 1.807) is 12.1 Å². The molecule has 0 amide bonds. The summed E-state index contributed by atoms with van der Waals surface area (Å²) in [7, 11) is 0. The normalized spacial score (nSPS) is 10.3. The molecule has 0 fully saturated rings. The molecule has 0 aliphatic carbocycles. The average Bonchev–Trinajstić information content (AvgIpc) is 2.58. The second kappa shape index (κ2) is 6.79. The molecule has 3 aromatic rings. The third-order valence-electron chi connectivity index (χ3n) is 3.49. The molecule has 0 unspecified atom stereocenters. The molecule has 0 radical (unpaired) electrons.